The van der Waals surface area contributed by atoms with Crippen molar-refractivity contribution >= 4 is 17.4 Å². The van der Waals surface area contributed by atoms with E-state index in [1.165, 1.54) is 16.7 Å². The molecule has 2 bridgehead atoms. The predicted octanol–water partition coefficient (Wildman–Crippen LogP) is 3.82. The number of nitrogens with zero attached hydrogens (tertiary/aromatic N) is 2. The molecular weight excluding hydrogens is 184 g/mol. The van der Waals surface area contributed by atoms with E-state index in [1.54, 1.807) is 0 Å². The van der Waals surface area contributed by atoms with Gasteiger partial charge in [0.1, 0.15) is 6.01 Å². The summed E-state index contributed by atoms with van der Waals surface area (Å²) in [5.41, 5.74) is 6.19. The second-order valence-corrected chi connectivity index (χ2v) is 3.74. The minimum absolute atomic E-state index is 1.01. The molecule has 0 fully saturated rings. The summed E-state index contributed by atoms with van der Waals surface area (Å²) >= 11 is 0. The molecule has 3 rings (SSSR count). The van der Waals surface area contributed by atoms with Crippen LogP contribution in [0.5, 0.6) is 0 Å². The summed E-state index contributed by atoms with van der Waals surface area (Å²) in [5, 5.41) is 0. The zero-order chi connectivity index (χ0) is 10.8. The van der Waals surface area contributed by atoms with Crippen LogP contribution in [0.25, 0.3) is 0 Å². The topological polar surface area (TPSA) is 24.7 Å². The van der Waals surface area contributed by atoms with Crippen molar-refractivity contribution in [2.45, 2.75) is 40.0 Å². The quantitative estimate of drug-likeness (QED) is 0.719. The normalized spacial score (nSPS) is 12.2. The summed E-state index contributed by atoms with van der Waals surface area (Å²) in [5.74, 6) is 0. The van der Waals surface area contributed by atoms with E-state index in [4.69, 9.17) is 0 Å². The Kier molecular flexibility index (Phi) is 2.70. The zero-order valence-electron chi connectivity index (χ0n) is 9.59. The Morgan fingerprint density at radius 1 is 1.00 bits per heavy atom. The molecule has 2 heteroatoms. The second-order valence-electron chi connectivity index (χ2n) is 3.74. The van der Waals surface area contributed by atoms with Crippen LogP contribution >= 0.6 is 0 Å². The molecule has 2 heterocycles. The molecule has 1 aromatic carbocycles. The van der Waals surface area contributed by atoms with Gasteiger partial charge in [-0.2, -0.15) is 9.98 Å². The van der Waals surface area contributed by atoms with Gasteiger partial charge in [-0.25, -0.2) is 0 Å². The molecule has 0 radical (unpaired) electrons. The minimum Gasteiger partial charge on any atom is -0.187 e. The van der Waals surface area contributed by atoms with E-state index >= 15 is 0 Å². The van der Waals surface area contributed by atoms with Crippen LogP contribution in [0.3, 0.4) is 0 Å². The maximum atomic E-state index is 4.34. The molecule has 2 nitrogen and oxygen atoms in total. The van der Waals surface area contributed by atoms with Crippen LogP contribution in [0.1, 0.15) is 37.5 Å². The van der Waals surface area contributed by atoms with Crippen LogP contribution < -0.4 is 0 Å². The standard InChI is InChI=1S/C13H16N2/c1-4-9-7-12-10(5-2)11(6-3)13(9)15-8-14-12/h7H,4-6H2,1-3H3. The molecule has 0 unspecified atom stereocenters. The average molecular weight is 200 g/mol. The minimum atomic E-state index is 1.01. The molecule has 2 aliphatic rings. The van der Waals surface area contributed by atoms with Gasteiger partial charge in [0.05, 0.1) is 11.4 Å². The summed E-state index contributed by atoms with van der Waals surface area (Å²) in [6, 6.07) is 4.95. The van der Waals surface area contributed by atoms with Crippen molar-refractivity contribution in [1.82, 2.24) is 0 Å². The van der Waals surface area contributed by atoms with Gasteiger partial charge < -0.3 is 0 Å². The average Bonchev–Trinajstić information content (AvgIpc) is 2.58. The molecule has 2 aliphatic heterocycles. The molecule has 0 amide bonds. The van der Waals surface area contributed by atoms with Crippen LogP contribution in [0.4, 0.5) is 11.4 Å². The third kappa shape index (κ3) is 1.51. The van der Waals surface area contributed by atoms with E-state index < -0.39 is 0 Å². The van der Waals surface area contributed by atoms with Crippen molar-refractivity contribution in [3.8, 4) is 0 Å². The molecule has 0 atom stereocenters. The number of aryl methyl sites for hydroxylation is 1. The van der Waals surface area contributed by atoms with Gasteiger partial charge in [-0.15, -0.1) is 0 Å². The highest BCUT2D eigenvalue weighted by molar-refractivity contribution is 5.74. The van der Waals surface area contributed by atoms with Gasteiger partial charge in [0, 0.05) is 0 Å². The van der Waals surface area contributed by atoms with Crippen molar-refractivity contribution in [3.05, 3.63) is 22.8 Å². The summed E-state index contributed by atoms with van der Waals surface area (Å²) in [6.07, 6.45) is 3.07. The van der Waals surface area contributed by atoms with Gasteiger partial charge in [0.25, 0.3) is 0 Å². The summed E-state index contributed by atoms with van der Waals surface area (Å²) < 4.78 is 0. The second kappa shape index (κ2) is 4.00. The maximum Gasteiger partial charge on any atom is 0.101 e. The molecule has 0 aliphatic carbocycles. The van der Waals surface area contributed by atoms with E-state index in [-0.39, 0.29) is 0 Å². The van der Waals surface area contributed by atoms with Gasteiger partial charge in [-0.1, -0.05) is 20.8 Å². The van der Waals surface area contributed by atoms with Crippen LogP contribution in [0.15, 0.2) is 16.1 Å². The number of aliphatic imine (C=N–C) groups is 2. The highest BCUT2D eigenvalue weighted by Gasteiger charge is 2.15. The predicted molar refractivity (Wildman–Crippen MR) is 63.8 cm³/mol. The lowest BCUT2D eigenvalue weighted by Crippen LogP contribution is -1.95. The molecule has 0 saturated heterocycles. The van der Waals surface area contributed by atoms with Crippen LogP contribution in [0, 0.1) is 0 Å². The van der Waals surface area contributed by atoms with E-state index in [0.29, 0.717) is 0 Å². The SMILES string of the molecule is CCc1cc2c(CC)c(CC)c1N=C=N2. The van der Waals surface area contributed by atoms with Gasteiger partial charge in [-0.3, -0.25) is 0 Å². The Labute approximate surface area is 90.8 Å². The monoisotopic (exact) mass is 200 g/mol. The lowest BCUT2D eigenvalue weighted by molar-refractivity contribution is 1.02. The molecule has 1 aromatic rings. The van der Waals surface area contributed by atoms with E-state index in [9.17, 15) is 0 Å². The Bertz CT molecular complexity index is 452. The summed E-state index contributed by atoms with van der Waals surface area (Å²) in [4.78, 5) is 8.62. The van der Waals surface area contributed by atoms with Gasteiger partial charge in [0.2, 0.25) is 0 Å². The van der Waals surface area contributed by atoms with Crippen molar-refractivity contribution in [1.29, 1.82) is 0 Å². The van der Waals surface area contributed by atoms with Crippen molar-refractivity contribution in [2.75, 3.05) is 0 Å². The van der Waals surface area contributed by atoms with Crippen LogP contribution in [0.2, 0.25) is 0 Å². The number of benzene rings is 1. The lowest BCUT2D eigenvalue weighted by atomic mass is 9.94. The van der Waals surface area contributed by atoms with Crippen molar-refractivity contribution in [2.24, 2.45) is 9.98 Å². The smallest absolute Gasteiger partial charge is 0.101 e. The van der Waals surface area contributed by atoms with Gasteiger partial charge >= 0.3 is 0 Å². The fraction of sp³-hybridized carbons (Fsp3) is 0.462. The highest BCUT2D eigenvalue weighted by atomic mass is 14.9. The zero-order valence-corrected chi connectivity index (χ0v) is 9.59. The molecule has 15 heavy (non-hydrogen) atoms. The first-order valence-electron chi connectivity index (χ1n) is 5.65. The first kappa shape index (κ1) is 10.1. The van der Waals surface area contributed by atoms with Gasteiger partial charge in [0.15, 0.2) is 0 Å². The van der Waals surface area contributed by atoms with E-state index in [1.807, 2.05) is 0 Å². The van der Waals surface area contributed by atoms with Gasteiger partial charge in [-0.05, 0) is 42.0 Å². The summed E-state index contributed by atoms with van der Waals surface area (Å²) in [6.45, 7) is 6.52. The molecule has 0 spiro atoms. The number of fused-ring (bicyclic) bond motifs is 2. The summed E-state index contributed by atoms with van der Waals surface area (Å²) in [7, 11) is 0. The van der Waals surface area contributed by atoms with Crippen LogP contribution in [-0.2, 0) is 19.3 Å². The fourth-order valence-corrected chi connectivity index (χ4v) is 2.22. The lowest BCUT2D eigenvalue weighted by Gasteiger charge is -2.13. The molecular formula is C13H16N2. The fourth-order valence-electron chi connectivity index (χ4n) is 2.22. The number of hydrogen-bond donors (Lipinski definition) is 0. The van der Waals surface area contributed by atoms with E-state index in [0.717, 1.165) is 30.6 Å². The Morgan fingerprint density at radius 3 is 2.33 bits per heavy atom. The molecule has 0 saturated carbocycles. The Morgan fingerprint density at radius 2 is 1.73 bits per heavy atom. The highest BCUT2D eigenvalue weighted by Crippen LogP contribution is 2.37. The Balaban J connectivity index is 2.76. The third-order valence-electron chi connectivity index (χ3n) is 2.99. The van der Waals surface area contributed by atoms with E-state index in [2.05, 4.69) is 42.8 Å². The first-order valence-corrected chi connectivity index (χ1v) is 5.65. The van der Waals surface area contributed by atoms with Crippen molar-refractivity contribution < 1.29 is 0 Å². The maximum absolute atomic E-state index is 4.34. The largest absolute Gasteiger partial charge is 0.187 e. The molecule has 0 N–H and O–H groups in total. The molecule has 78 valence electrons. The third-order valence-corrected chi connectivity index (χ3v) is 2.99. The molecule has 0 aromatic heterocycles. The van der Waals surface area contributed by atoms with Crippen molar-refractivity contribution in [3.63, 3.8) is 0 Å². The Hall–Kier alpha value is -1.40. The first-order chi connectivity index (χ1) is 7.31. The number of hydrogen-bond acceptors (Lipinski definition) is 2. The van der Waals surface area contributed by atoms with Crippen LogP contribution in [-0.4, -0.2) is 6.01 Å². The number of rotatable bonds is 3.